The summed E-state index contributed by atoms with van der Waals surface area (Å²) in [6.07, 6.45) is 3.05. The normalized spacial score (nSPS) is 25.3. The van der Waals surface area contributed by atoms with Crippen LogP contribution in [0.5, 0.6) is 0 Å². The van der Waals surface area contributed by atoms with Crippen LogP contribution < -0.4 is 10.2 Å². The summed E-state index contributed by atoms with van der Waals surface area (Å²) < 4.78 is 20.6. The summed E-state index contributed by atoms with van der Waals surface area (Å²) in [7, 11) is 2.09. The van der Waals surface area contributed by atoms with E-state index in [1.165, 1.54) is 6.07 Å². The van der Waals surface area contributed by atoms with E-state index in [0.29, 0.717) is 5.56 Å². The van der Waals surface area contributed by atoms with Crippen LogP contribution in [0.4, 0.5) is 14.9 Å². The van der Waals surface area contributed by atoms with Crippen molar-refractivity contribution in [3.05, 3.63) is 29.6 Å². The largest absolute Gasteiger partial charge is 0.444 e. The van der Waals surface area contributed by atoms with Crippen molar-refractivity contribution in [1.82, 2.24) is 15.1 Å². The molecule has 2 heterocycles. The number of nitrogens with one attached hydrogen (secondary N) is 1. The Balaban J connectivity index is 1.41. The van der Waals surface area contributed by atoms with Crippen molar-refractivity contribution in [2.45, 2.75) is 76.6 Å². The fraction of sp³-hybridized carbons (Fsp3) is 0.667. The zero-order chi connectivity index (χ0) is 26.0. The quantitative estimate of drug-likeness (QED) is 0.669. The first kappa shape index (κ1) is 26.2. The highest BCUT2D eigenvalue weighted by Crippen LogP contribution is 2.43. The molecule has 3 fully saturated rings. The number of rotatable bonds is 5. The number of hydrogen-bond acceptors (Lipinski definition) is 6. The van der Waals surface area contributed by atoms with Gasteiger partial charge < -0.3 is 19.9 Å². The van der Waals surface area contributed by atoms with Gasteiger partial charge >= 0.3 is 6.09 Å². The lowest BCUT2D eigenvalue weighted by atomic mass is 9.97. The molecular formula is C27H38FN5O3. The third kappa shape index (κ3) is 5.92. The van der Waals surface area contributed by atoms with Crippen LogP contribution in [0.1, 0.15) is 52.0 Å². The highest BCUT2D eigenvalue weighted by atomic mass is 19.1. The van der Waals surface area contributed by atoms with Crippen LogP contribution in [0.3, 0.4) is 0 Å². The smallest absolute Gasteiger partial charge is 0.411 e. The highest BCUT2D eigenvalue weighted by Gasteiger charge is 2.52. The fourth-order valence-corrected chi connectivity index (χ4v) is 5.71. The van der Waals surface area contributed by atoms with Crippen molar-refractivity contribution in [3.8, 4) is 6.07 Å². The van der Waals surface area contributed by atoms with E-state index < -0.39 is 23.8 Å². The van der Waals surface area contributed by atoms with Crippen molar-refractivity contribution in [3.63, 3.8) is 0 Å². The Morgan fingerprint density at radius 1 is 1.22 bits per heavy atom. The number of ether oxygens (including phenoxy) is 1. The molecule has 36 heavy (non-hydrogen) atoms. The maximum atomic E-state index is 15.0. The standard InChI is InChI=1S/C27H38FN5O3/c1-27(2,3)36-26(35)33-22-9-7-19(15-22)24(33)25(34)30-20(17-29)14-18-6-8-21(16-23(18)28)32-11-5-10-31(4)12-13-32/h6,8,16,19-20,22,24H,5,7,9-15H2,1-4H3,(H,30,34)/t19?,20-,22?,24?/m0/s1. The van der Waals surface area contributed by atoms with Crippen molar-refractivity contribution >= 4 is 17.7 Å². The van der Waals surface area contributed by atoms with Gasteiger partial charge in [-0.2, -0.15) is 5.26 Å². The average Bonchev–Trinajstić information content (AvgIpc) is 3.36. The van der Waals surface area contributed by atoms with Gasteiger partial charge in [-0.05, 0) is 83.7 Å². The van der Waals surface area contributed by atoms with E-state index in [9.17, 15) is 14.9 Å². The molecule has 1 aliphatic carbocycles. The van der Waals surface area contributed by atoms with E-state index in [-0.39, 0.29) is 30.1 Å². The van der Waals surface area contributed by atoms with Crippen molar-refractivity contribution in [2.75, 3.05) is 38.1 Å². The molecule has 0 spiro atoms. The first-order valence-corrected chi connectivity index (χ1v) is 13.0. The minimum absolute atomic E-state index is 0.0232. The van der Waals surface area contributed by atoms with Crippen LogP contribution >= 0.6 is 0 Å². The zero-order valence-corrected chi connectivity index (χ0v) is 21.8. The monoisotopic (exact) mass is 499 g/mol. The number of fused-ring (bicyclic) bond motifs is 2. The maximum absolute atomic E-state index is 15.0. The van der Waals surface area contributed by atoms with Crippen molar-refractivity contribution in [2.24, 2.45) is 5.92 Å². The number of nitriles is 1. The molecule has 196 valence electrons. The summed E-state index contributed by atoms with van der Waals surface area (Å²) >= 11 is 0. The van der Waals surface area contributed by atoms with Crippen LogP contribution in [0.15, 0.2) is 18.2 Å². The first-order valence-electron chi connectivity index (χ1n) is 13.0. The maximum Gasteiger partial charge on any atom is 0.411 e. The van der Waals surface area contributed by atoms with E-state index in [0.717, 1.165) is 57.5 Å². The molecule has 1 N–H and O–H groups in total. The minimum atomic E-state index is -0.899. The Bertz CT molecular complexity index is 1020. The Kier molecular flexibility index (Phi) is 7.74. The molecule has 1 saturated carbocycles. The lowest BCUT2D eigenvalue weighted by Gasteiger charge is -2.35. The van der Waals surface area contributed by atoms with Crippen LogP contribution in [-0.4, -0.2) is 78.8 Å². The number of hydrogen-bond donors (Lipinski definition) is 1. The van der Waals surface area contributed by atoms with E-state index >= 15 is 4.39 Å². The molecule has 0 aromatic heterocycles. The molecule has 2 aliphatic heterocycles. The zero-order valence-electron chi connectivity index (χ0n) is 21.8. The minimum Gasteiger partial charge on any atom is -0.444 e. The molecule has 2 amide bonds. The molecule has 3 aliphatic rings. The molecule has 9 heteroatoms. The molecule has 3 unspecified atom stereocenters. The molecule has 2 bridgehead atoms. The summed E-state index contributed by atoms with van der Waals surface area (Å²) in [5.74, 6) is -0.703. The summed E-state index contributed by atoms with van der Waals surface area (Å²) in [6.45, 7) is 9.05. The van der Waals surface area contributed by atoms with Crippen LogP contribution in [-0.2, 0) is 16.0 Å². The van der Waals surface area contributed by atoms with Gasteiger partial charge in [0, 0.05) is 37.8 Å². The first-order chi connectivity index (χ1) is 17.1. The molecule has 4 atom stereocenters. The predicted octanol–water partition coefficient (Wildman–Crippen LogP) is 3.31. The second kappa shape index (κ2) is 10.6. The van der Waals surface area contributed by atoms with E-state index in [4.69, 9.17) is 4.74 Å². The van der Waals surface area contributed by atoms with Gasteiger partial charge in [0.05, 0.1) is 6.07 Å². The number of likely N-dealkylation sites (N-methyl/N-ethyl adjacent to an activating group) is 1. The summed E-state index contributed by atoms with van der Waals surface area (Å²) in [5, 5.41) is 12.5. The highest BCUT2D eigenvalue weighted by molar-refractivity contribution is 5.87. The molecule has 8 nitrogen and oxygen atoms in total. The summed E-state index contributed by atoms with van der Waals surface area (Å²) in [4.78, 5) is 32.1. The number of amides is 2. The molecule has 4 rings (SSSR count). The number of benzene rings is 1. The van der Waals surface area contributed by atoms with Gasteiger partial charge in [-0.15, -0.1) is 0 Å². The van der Waals surface area contributed by atoms with Gasteiger partial charge in [0.15, 0.2) is 0 Å². The molecular weight excluding hydrogens is 461 g/mol. The second-order valence-electron chi connectivity index (χ2n) is 11.4. The topological polar surface area (TPSA) is 88.9 Å². The van der Waals surface area contributed by atoms with Crippen molar-refractivity contribution in [1.29, 1.82) is 5.26 Å². The number of anilines is 1. The lowest BCUT2D eigenvalue weighted by molar-refractivity contribution is -0.128. The van der Waals surface area contributed by atoms with Gasteiger partial charge in [-0.1, -0.05) is 6.07 Å². The second-order valence-corrected chi connectivity index (χ2v) is 11.4. The Hall–Kier alpha value is -2.86. The fourth-order valence-electron chi connectivity index (χ4n) is 5.71. The van der Waals surface area contributed by atoms with Crippen molar-refractivity contribution < 1.29 is 18.7 Å². The number of carbonyl (C=O) groups is 2. The number of piperidine rings is 1. The SMILES string of the molecule is CN1CCCN(c2ccc(C[C@@H](C#N)NC(=O)C3C4CCC(C4)N3C(=O)OC(C)(C)C)c(F)c2)CC1. The lowest BCUT2D eigenvalue weighted by Crippen LogP contribution is -2.55. The van der Waals surface area contributed by atoms with Gasteiger partial charge in [0.25, 0.3) is 0 Å². The average molecular weight is 500 g/mol. The summed E-state index contributed by atoms with van der Waals surface area (Å²) in [6, 6.07) is 5.64. The number of likely N-dealkylation sites (tertiary alicyclic amines) is 1. The molecule has 1 aromatic carbocycles. The van der Waals surface area contributed by atoms with Gasteiger partial charge in [0.2, 0.25) is 5.91 Å². The predicted molar refractivity (Wildman–Crippen MR) is 135 cm³/mol. The van der Waals surface area contributed by atoms with Gasteiger partial charge in [-0.3, -0.25) is 9.69 Å². The molecule has 2 saturated heterocycles. The third-order valence-electron chi connectivity index (χ3n) is 7.48. The molecule has 0 radical (unpaired) electrons. The van der Waals surface area contributed by atoms with Crippen LogP contribution in [0, 0.1) is 23.1 Å². The van der Waals surface area contributed by atoms with Gasteiger partial charge in [0.1, 0.15) is 23.5 Å². The third-order valence-corrected chi connectivity index (χ3v) is 7.48. The van der Waals surface area contributed by atoms with Crippen LogP contribution in [0.2, 0.25) is 0 Å². The Labute approximate surface area is 213 Å². The summed E-state index contributed by atoms with van der Waals surface area (Å²) in [5.41, 5.74) is 0.552. The Morgan fingerprint density at radius 2 is 2.00 bits per heavy atom. The van der Waals surface area contributed by atoms with E-state index in [1.54, 1.807) is 31.7 Å². The number of halogens is 1. The Morgan fingerprint density at radius 3 is 2.69 bits per heavy atom. The van der Waals surface area contributed by atoms with Crippen LogP contribution in [0.25, 0.3) is 0 Å². The van der Waals surface area contributed by atoms with Gasteiger partial charge in [-0.25, -0.2) is 9.18 Å². The molecule has 1 aromatic rings. The number of carbonyl (C=O) groups excluding carboxylic acids is 2. The van der Waals surface area contributed by atoms with E-state index in [1.807, 2.05) is 6.07 Å². The van der Waals surface area contributed by atoms with E-state index in [2.05, 4.69) is 28.2 Å². The number of nitrogens with zero attached hydrogens (tertiary/aromatic N) is 4.